The van der Waals surface area contributed by atoms with E-state index in [2.05, 4.69) is 45.2 Å². The van der Waals surface area contributed by atoms with Gasteiger partial charge in [-0.05, 0) is 69.3 Å². The van der Waals surface area contributed by atoms with Crippen molar-refractivity contribution < 1.29 is 0 Å². The summed E-state index contributed by atoms with van der Waals surface area (Å²) in [7, 11) is 0. The van der Waals surface area contributed by atoms with Gasteiger partial charge in [0.05, 0.1) is 0 Å². The number of rotatable bonds is 5. The average Bonchev–Trinajstić information content (AvgIpc) is 3.30. The molecule has 3 rings (SSSR count). The van der Waals surface area contributed by atoms with E-state index in [4.69, 9.17) is 11.6 Å². The fraction of sp³-hybridized carbons (Fsp3) is 0.647. The van der Waals surface area contributed by atoms with Gasteiger partial charge >= 0.3 is 0 Å². The van der Waals surface area contributed by atoms with Crippen LogP contribution in [0.25, 0.3) is 0 Å². The van der Waals surface area contributed by atoms with Crippen LogP contribution in [0.5, 0.6) is 0 Å². The zero-order chi connectivity index (χ0) is 14.8. The molecule has 2 fully saturated rings. The van der Waals surface area contributed by atoms with Crippen LogP contribution in [0.1, 0.15) is 44.2 Å². The largest absolute Gasteiger partial charge is 0.316 e. The van der Waals surface area contributed by atoms with Crippen molar-refractivity contribution in [3.05, 3.63) is 33.3 Å². The minimum atomic E-state index is 0.403. The molecule has 2 unspecified atom stereocenters. The monoisotopic (exact) mass is 370 g/mol. The third kappa shape index (κ3) is 4.01. The fourth-order valence-electron chi connectivity index (χ4n) is 3.43. The quantitative estimate of drug-likeness (QED) is 0.812. The molecule has 0 aromatic heterocycles. The Morgan fingerprint density at radius 3 is 2.81 bits per heavy atom. The molecule has 1 aromatic rings. The molecule has 4 heteroatoms. The number of nitrogens with zero attached hydrogens (tertiary/aromatic N) is 1. The normalized spacial score (nSPS) is 24.3. The Hall–Kier alpha value is -0.0900. The summed E-state index contributed by atoms with van der Waals surface area (Å²) in [5, 5.41) is 4.42. The molecule has 21 heavy (non-hydrogen) atoms. The lowest BCUT2D eigenvalue weighted by Gasteiger charge is -2.35. The highest BCUT2D eigenvalue weighted by Crippen LogP contribution is 2.38. The maximum atomic E-state index is 6.47. The molecule has 1 saturated carbocycles. The molecule has 0 radical (unpaired) electrons. The molecular formula is C17H24BrClN2. The Morgan fingerprint density at radius 1 is 1.38 bits per heavy atom. The van der Waals surface area contributed by atoms with E-state index in [1.807, 2.05) is 6.07 Å². The van der Waals surface area contributed by atoms with Crippen LogP contribution in [0, 0.1) is 5.92 Å². The molecule has 1 heterocycles. The summed E-state index contributed by atoms with van der Waals surface area (Å²) in [6, 6.07) is 7.46. The van der Waals surface area contributed by atoms with Crippen LogP contribution in [-0.4, -0.2) is 30.6 Å². The Balaban J connectivity index is 1.73. The molecule has 0 spiro atoms. The van der Waals surface area contributed by atoms with Crippen molar-refractivity contribution in [3.63, 3.8) is 0 Å². The molecule has 116 valence electrons. The van der Waals surface area contributed by atoms with Crippen LogP contribution in [0.3, 0.4) is 0 Å². The van der Waals surface area contributed by atoms with Crippen LogP contribution in [0.4, 0.5) is 0 Å². The zero-order valence-electron chi connectivity index (χ0n) is 12.6. The molecule has 0 bridgehead atoms. The van der Waals surface area contributed by atoms with E-state index < -0.39 is 0 Å². The first-order valence-electron chi connectivity index (χ1n) is 8.06. The van der Waals surface area contributed by atoms with Gasteiger partial charge in [0.25, 0.3) is 0 Å². The number of nitrogens with one attached hydrogen (secondary N) is 1. The van der Waals surface area contributed by atoms with E-state index in [0.29, 0.717) is 6.04 Å². The van der Waals surface area contributed by atoms with Gasteiger partial charge in [0.1, 0.15) is 0 Å². The molecular weight excluding hydrogens is 348 g/mol. The minimum absolute atomic E-state index is 0.403. The molecule has 0 amide bonds. The molecule has 1 N–H and O–H groups in total. The fourth-order valence-corrected chi connectivity index (χ4v) is 4.26. The second-order valence-electron chi connectivity index (χ2n) is 6.48. The van der Waals surface area contributed by atoms with E-state index in [1.165, 1.54) is 50.9 Å². The molecule has 1 aliphatic heterocycles. The van der Waals surface area contributed by atoms with Crippen LogP contribution >= 0.6 is 27.5 Å². The van der Waals surface area contributed by atoms with Crippen LogP contribution in [0.15, 0.2) is 22.7 Å². The third-order valence-electron chi connectivity index (χ3n) is 4.79. The lowest BCUT2D eigenvalue weighted by molar-refractivity contribution is 0.154. The van der Waals surface area contributed by atoms with Crippen molar-refractivity contribution in [1.82, 2.24) is 10.2 Å². The third-order valence-corrected chi connectivity index (χ3v) is 5.61. The highest BCUT2D eigenvalue weighted by Gasteiger charge is 2.34. The summed E-state index contributed by atoms with van der Waals surface area (Å²) < 4.78 is 1.05. The van der Waals surface area contributed by atoms with Gasteiger partial charge in [-0.25, -0.2) is 0 Å². The van der Waals surface area contributed by atoms with Crippen molar-refractivity contribution in [2.75, 3.05) is 19.6 Å². The number of piperidine rings is 1. The van der Waals surface area contributed by atoms with Crippen LogP contribution in [-0.2, 0) is 0 Å². The second kappa shape index (κ2) is 6.99. The summed E-state index contributed by atoms with van der Waals surface area (Å²) >= 11 is 9.96. The summed E-state index contributed by atoms with van der Waals surface area (Å²) in [6.07, 6.45) is 5.37. The lowest BCUT2D eigenvalue weighted by atomic mass is 9.97. The average molecular weight is 372 g/mol. The van der Waals surface area contributed by atoms with E-state index in [0.717, 1.165) is 21.5 Å². The number of benzene rings is 1. The Bertz CT molecular complexity index is 484. The standard InChI is InChI=1S/C17H24BrClN2/c1-12(16-7-4-14(18)9-17(16)19)21(15-5-6-15)11-13-3-2-8-20-10-13/h4,7,9,12-13,15,20H,2-3,5-6,8,10-11H2,1H3. The van der Waals surface area contributed by atoms with Crippen molar-refractivity contribution in [2.24, 2.45) is 5.92 Å². The molecule has 2 atom stereocenters. The molecule has 2 nitrogen and oxygen atoms in total. The first-order valence-corrected chi connectivity index (χ1v) is 9.23. The van der Waals surface area contributed by atoms with Gasteiger partial charge in [-0.2, -0.15) is 0 Å². The van der Waals surface area contributed by atoms with Gasteiger partial charge in [-0.1, -0.05) is 33.6 Å². The summed E-state index contributed by atoms with van der Waals surface area (Å²) in [5.41, 5.74) is 1.26. The van der Waals surface area contributed by atoms with Crippen molar-refractivity contribution in [2.45, 2.75) is 44.7 Å². The van der Waals surface area contributed by atoms with Crippen molar-refractivity contribution in [1.29, 1.82) is 0 Å². The predicted octanol–water partition coefficient (Wildman–Crippen LogP) is 4.63. The van der Waals surface area contributed by atoms with E-state index in [1.54, 1.807) is 0 Å². The van der Waals surface area contributed by atoms with Gasteiger partial charge < -0.3 is 5.32 Å². The molecule has 2 aliphatic rings. The Labute approximate surface area is 141 Å². The molecule has 1 aromatic carbocycles. The SMILES string of the molecule is CC(c1ccc(Br)cc1Cl)N(CC1CCCNC1)C1CC1. The number of hydrogen-bond donors (Lipinski definition) is 1. The first-order chi connectivity index (χ1) is 10.1. The highest BCUT2D eigenvalue weighted by atomic mass is 79.9. The maximum Gasteiger partial charge on any atom is 0.0464 e. The smallest absolute Gasteiger partial charge is 0.0464 e. The Kier molecular flexibility index (Phi) is 5.26. The highest BCUT2D eigenvalue weighted by molar-refractivity contribution is 9.10. The van der Waals surface area contributed by atoms with Gasteiger partial charge in [0, 0.05) is 28.1 Å². The van der Waals surface area contributed by atoms with Gasteiger partial charge in [-0.15, -0.1) is 0 Å². The lowest BCUT2D eigenvalue weighted by Crippen LogP contribution is -2.40. The van der Waals surface area contributed by atoms with Crippen molar-refractivity contribution in [3.8, 4) is 0 Å². The topological polar surface area (TPSA) is 15.3 Å². The summed E-state index contributed by atoms with van der Waals surface area (Å²) in [5.74, 6) is 0.788. The number of hydrogen-bond acceptors (Lipinski definition) is 2. The molecule has 1 aliphatic carbocycles. The minimum Gasteiger partial charge on any atom is -0.316 e. The first kappa shape index (κ1) is 15.8. The van der Waals surface area contributed by atoms with Crippen LogP contribution < -0.4 is 5.32 Å². The maximum absolute atomic E-state index is 6.47. The van der Waals surface area contributed by atoms with Crippen LogP contribution in [0.2, 0.25) is 5.02 Å². The summed E-state index contributed by atoms with van der Waals surface area (Å²) in [4.78, 5) is 2.69. The predicted molar refractivity (Wildman–Crippen MR) is 92.9 cm³/mol. The van der Waals surface area contributed by atoms with Gasteiger partial charge in [0.15, 0.2) is 0 Å². The van der Waals surface area contributed by atoms with E-state index in [9.17, 15) is 0 Å². The van der Waals surface area contributed by atoms with Gasteiger partial charge in [-0.3, -0.25) is 4.90 Å². The summed E-state index contributed by atoms with van der Waals surface area (Å²) in [6.45, 7) is 5.87. The zero-order valence-corrected chi connectivity index (χ0v) is 15.0. The molecule has 1 saturated heterocycles. The van der Waals surface area contributed by atoms with Crippen molar-refractivity contribution >= 4 is 27.5 Å². The van der Waals surface area contributed by atoms with E-state index >= 15 is 0 Å². The van der Waals surface area contributed by atoms with Gasteiger partial charge in [0.2, 0.25) is 0 Å². The Morgan fingerprint density at radius 2 is 2.19 bits per heavy atom. The second-order valence-corrected chi connectivity index (χ2v) is 7.81. The van der Waals surface area contributed by atoms with E-state index in [-0.39, 0.29) is 0 Å². The number of halogens is 2.